The van der Waals surface area contributed by atoms with Gasteiger partial charge in [0.1, 0.15) is 34.8 Å². The summed E-state index contributed by atoms with van der Waals surface area (Å²) in [5, 5.41) is 0.553. The van der Waals surface area contributed by atoms with E-state index in [1.807, 2.05) is 54.6 Å². The maximum Gasteiger partial charge on any atom is 0.266 e. The van der Waals surface area contributed by atoms with Crippen LogP contribution in [0.15, 0.2) is 77.7 Å². The predicted molar refractivity (Wildman–Crippen MR) is 164 cm³/mol. The first-order chi connectivity index (χ1) is 19.0. The van der Waals surface area contributed by atoms with E-state index in [2.05, 4.69) is 6.92 Å². The van der Waals surface area contributed by atoms with Crippen molar-refractivity contribution < 1.29 is 19.0 Å². The molecule has 0 saturated carbocycles. The number of ether oxygens (including phenoxy) is 3. The van der Waals surface area contributed by atoms with Gasteiger partial charge in [0.2, 0.25) is 0 Å². The molecule has 0 radical (unpaired) electrons. The van der Waals surface area contributed by atoms with E-state index in [0.29, 0.717) is 45.3 Å². The molecule has 0 bridgehead atoms. The number of thiocarbonyl (C=S) groups is 1. The van der Waals surface area contributed by atoms with Crippen molar-refractivity contribution in [3.8, 4) is 17.2 Å². The molecule has 1 heterocycles. The molecule has 8 heteroatoms. The van der Waals surface area contributed by atoms with Crippen LogP contribution in [0.25, 0.3) is 6.08 Å². The molecule has 1 aliphatic heterocycles. The Bertz CT molecular complexity index is 1280. The highest BCUT2D eigenvalue weighted by atomic mass is 35.5. The van der Waals surface area contributed by atoms with Gasteiger partial charge in [-0.05, 0) is 60.5 Å². The summed E-state index contributed by atoms with van der Waals surface area (Å²) in [6, 6.07) is 22.8. The number of amides is 1. The van der Waals surface area contributed by atoms with Gasteiger partial charge in [-0.15, -0.1) is 0 Å². The molecule has 1 fully saturated rings. The molecule has 0 atom stereocenters. The van der Waals surface area contributed by atoms with E-state index in [4.69, 9.17) is 38.0 Å². The molecule has 0 aromatic heterocycles. The molecule has 1 aliphatic rings. The van der Waals surface area contributed by atoms with Crippen molar-refractivity contribution >= 4 is 51.9 Å². The molecule has 0 spiro atoms. The first-order valence-corrected chi connectivity index (χ1v) is 14.7. The summed E-state index contributed by atoms with van der Waals surface area (Å²) in [4.78, 5) is 15.3. The molecule has 3 aromatic carbocycles. The average Bonchev–Trinajstić information content (AvgIpc) is 3.20. The zero-order valence-electron chi connectivity index (χ0n) is 21.9. The zero-order valence-corrected chi connectivity index (χ0v) is 24.3. The number of carbonyl (C=O) groups is 1. The normalized spacial score (nSPS) is 14.2. The maximum atomic E-state index is 13.1. The minimum Gasteiger partial charge on any atom is -0.494 e. The van der Waals surface area contributed by atoms with Crippen molar-refractivity contribution in [1.29, 1.82) is 0 Å². The van der Waals surface area contributed by atoms with Gasteiger partial charge in [-0.3, -0.25) is 9.69 Å². The number of halogens is 1. The molecule has 4 rings (SSSR count). The fraction of sp³-hybridized carbons (Fsp3) is 0.290. The summed E-state index contributed by atoms with van der Waals surface area (Å²) < 4.78 is 18.1. The molecule has 39 heavy (non-hydrogen) atoms. The maximum absolute atomic E-state index is 13.1. The Morgan fingerprint density at radius 2 is 1.56 bits per heavy atom. The number of thioether (sulfide) groups is 1. The smallest absolute Gasteiger partial charge is 0.266 e. The van der Waals surface area contributed by atoms with Crippen LogP contribution in [0.5, 0.6) is 17.2 Å². The van der Waals surface area contributed by atoms with Gasteiger partial charge in [-0.25, -0.2) is 0 Å². The molecular weight excluding hydrogens is 550 g/mol. The highest BCUT2D eigenvalue weighted by Crippen LogP contribution is 2.36. The van der Waals surface area contributed by atoms with Crippen LogP contribution in [-0.4, -0.2) is 34.9 Å². The van der Waals surface area contributed by atoms with Gasteiger partial charge in [0.05, 0.1) is 18.1 Å². The fourth-order valence-corrected chi connectivity index (χ4v) is 5.40. The number of carbonyl (C=O) groups excluding carboxylic acids is 1. The molecular formula is C31H32ClNO4S2. The van der Waals surface area contributed by atoms with Crippen LogP contribution >= 0.6 is 35.6 Å². The quantitative estimate of drug-likeness (QED) is 0.109. The third-order valence-corrected chi connectivity index (χ3v) is 7.63. The average molecular weight is 582 g/mol. The van der Waals surface area contributed by atoms with Crippen LogP contribution in [0, 0.1) is 0 Å². The van der Waals surface area contributed by atoms with E-state index in [1.165, 1.54) is 31.0 Å². The summed E-state index contributed by atoms with van der Waals surface area (Å²) in [6.07, 6.45) is 6.50. The first-order valence-electron chi connectivity index (χ1n) is 13.1. The minimum atomic E-state index is -0.128. The van der Waals surface area contributed by atoms with Gasteiger partial charge < -0.3 is 14.2 Å². The molecule has 0 aliphatic carbocycles. The Hall–Kier alpha value is -3.00. The van der Waals surface area contributed by atoms with Crippen molar-refractivity contribution in [3.05, 3.63) is 93.9 Å². The van der Waals surface area contributed by atoms with E-state index in [0.717, 1.165) is 30.1 Å². The Morgan fingerprint density at radius 1 is 0.872 bits per heavy atom. The highest BCUT2D eigenvalue weighted by Gasteiger charge is 2.32. The molecule has 0 N–H and O–H groups in total. The summed E-state index contributed by atoms with van der Waals surface area (Å²) in [5.41, 5.74) is 1.73. The molecule has 204 valence electrons. The van der Waals surface area contributed by atoms with Crippen molar-refractivity contribution in [2.45, 2.75) is 39.2 Å². The zero-order chi connectivity index (χ0) is 27.5. The Kier molecular flexibility index (Phi) is 11.1. The summed E-state index contributed by atoms with van der Waals surface area (Å²) >= 11 is 13.0. The molecule has 1 amide bonds. The predicted octanol–water partition coefficient (Wildman–Crippen LogP) is 8.16. The van der Waals surface area contributed by atoms with Crippen LogP contribution in [0.4, 0.5) is 0 Å². The van der Waals surface area contributed by atoms with Crippen LogP contribution < -0.4 is 14.2 Å². The Labute approximate surface area is 245 Å². The third-order valence-electron chi connectivity index (χ3n) is 6.02. The SMILES string of the molecule is CCCCCCOc1ccc(OCCOc2ccc(Cl)cc2/C=C2\SC(=S)N(Cc3ccccc3)C2=O)cc1. The van der Waals surface area contributed by atoms with Crippen LogP contribution in [-0.2, 0) is 11.3 Å². The van der Waals surface area contributed by atoms with E-state index < -0.39 is 0 Å². The molecule has 5 nitrogen and oxygen atoms in total. The summed E-state index contributed by atoms with van der Waals surface area (Å²) in [5.74, 6) is 2.07. The van der Waals surface area contributed by atoms with Crippen molar-refractivity contribution in [2.24, 2.45) is 0 Å². The second kappa shape index (κ2) is 15.0. The highest BCUT2D eigenvalue weighted by molar-refractivity contribution is 8.26. The van der Waals surface area contributed by atoms with Gasteiger partial charge in [-0.1, -0.05) is 92.1 Å². The van der Waals surface area contributed by atoms with Gasteiger partial charge in [0.25, 0.3) is 5.91 Å². The number of nitrogens with zero attached hydrogens (tertiary/aromatic N) is 1. The largest absolute Gasteiger partial charge is 0.494 e. The molecule has 3 aromatic rings. The van der Waals surface area contributed by atoms with Crippen molar-refractivity contribution in [3.63, 3.8) is 0 Å². The standard InChI is InChI=1S/C31H32ClNO4S2/c1-2-3-4-8-17-35-26-12-14-27(15-13-26)36-18-19-37-28-16-11-25(32)20-24(28)21-29-30(34)33(31(38)39-29)22-23-9-6-5-7-10-23/h5-7,9-16,20-21H,2-4,8,17-19,22H2,1H3/b29-21-. The molecule has 0 unspecified atom stereocenters. The monoisotopic (exact) mass is 581 g/mol. The van der Waals surface area contributed by atoms with E-state index >= 15 is 0 Å². The van der Waals surface area contributed by atoms with Crippen LogP contribution in [0.1, 0.15) is 43.7 Å². The lowest BCUT2D eigenvalue weighted by atomic mass is 10.1. The van der Waals surface area contributed by atoms with Crippen LogP contribution in [0.3, 0.4) is 0 Å². The number of hydrogen-bond donors (Lipinski definition) is 0. The lowest BCUT2D eigenvalue weighted by Gasteiger charge is -2.14. The Balaban J connectivity index is 1.30. The number of rotatable bonds is 14. The lowest BCUT2D eigenvalue weighted by Crippen LogP contribution is -2.27. The van der Waals surface area contributed by atoms with E-state index in [9.17, 15) is 4.79 Å². The topological polar surface area (TPSA) is 48.0 Å². The van der Waals surface area contributed by atoms with Gasteiger partial charge >= 0.3 is 0 Å². The lowest BCUT2D eigenvalue weighted by molar-refractivity contribution is -0.122. The van der Waals surface area contributed by atoms with Gasteiger partial charge in [0, 0.05) is 10.6 Å². The van der Waals surface area contributed by atoms with Crippen molar-refractivity contribution in [2.75, 3.05) is 19.8 Å². The summed E-state index contributed by atoms with van der Waals surface area (Å²) in [6.45, 7) is 4.05. The van der Waals surface area contributed by atoms with Crippen molar-refractivity contribution in [1.82, 2.24) is 4.90 Å². The van der Waals surface area contributed by atoms with Gasteiger partial charge in [-0.2, -0.15) is 0 Å². The van der Waals surface area contributed by atoms with E-state index in [-0.39, 0.29) is 5.91 Å². The Morgan fingerprint density at radius 3 is 2.28 bits per heavy atom. The van der Waals surface area contributed by atoms with E-state index in [1.54, 1.807) is 29.2 Å². The second-order valence-corrected chi connectivity index (χ2v) is 11.1. The van der Waals surface area contributed by atoms with Crippen LogP contribution in [0.2, 0.25) is 5.02 Å². The first kappa shape index (κ1) is 29.0. The number of benzene rings is 3. The number of unbranched alkanes of at least 4 members (excludes halogenated alkanes) is 3. The third kappa shape index (κ3) is 8.75. The second-order valence-electron chi connectivity index (χ2n) is 9.01. The minimum absolute atomic E-state index is 0.128. The number of hydrogen-bond acceptors (Lipinski definition) is 6. The fourth-order valence-electron chi connectivity index (χ4n) is 3.97. The van der Waals surface area contributed by atoms with Gasteiger partial charge in [0.15, 0.2) is 0 Å². The summed E-state index contributed by atoms with van der Waals surface area (Å²) in [7, 11) is 0. The molecule has 1 saturated heterocycles.